The number of fused-ring (bicyclic) bond motifs is 1. The van der Waals surface area contributed by atoms with Gasteiger partial charge in [0.1, 0.15) is 11.6 Å². The lowest BCUT2D eigenvalue weighted by Crippen LogP contribution is -2.31. The number of carbonyl (C=O) groups is 1. The van der Waals surface area contributed by atoms with Crippen molar-refractivity contribution in [2.24, 2.45) is 0 Å². The largest absolute Gasteiger partial charge is 0.323 e. The lowest BCUT2D eigenvalue weighted by molar-refractivity contribution is -0.117. The summed E-state index contributed by atoms with van der Waals surface area (Å²) in [5.74, 6) is 0.514. The summed E-state index contributed by atoms with van der Waals surface area (Å²) in [5, 5.41) is 3.82. The first-order chi connectivity index (χ1) is 16.5. The van der Waals surface area contributed by atoms with Gasteiger partial charge in [0.25, 0.3) is 0 Å². The lowest BCUT2D eigenvalue weighted by atomic mass is 10.1. The van der Waals surface area contributed by atoms with E-state index in [1.807, 2.05) is 24.3 Å². The first kappa shape index (κ1) is 22.3. The van der Waals surface area contributed by atoms with Crippen LogP contribution in [0.2, 0.25) is 10.0 Å². The minimum atomic E-state index is -0.422. The van der Waals surface area contributed by atoms with Gasteiger partial charge in [-0.25, -0.2) is 19.3 Å². The number of nitrogens with one attached hydrogen (secondary N) is 1. The van der Waals surface area contributed by atoms with Crippen molar-refractivity contribution < 1.29 is 9.18 Å². The number of aromatic nitrogens is 3. The molecule has 1 N–H and O–H groups in total. The number of amides is 1. The predicted molar refractivity (Wildman–Crippen MR) is 131 cm³/mol. The molecule has 0 radical (unpaired) electrons. The molecule has 2 aromatic heterocycles. The molecule has 5 rings (SSSR count). The second-order valence-electron chi connectivity index (χ2n) is 7.78. The highest BCUT2D eigenvalue weighted by molar-refractivity contribution is 6.33. The van der Waals surface area contributed by atoms with Crippen LogP contribution in [0.5, 0.6) is 0 Å². The van der Waals surface area contributed by atoms with Crippen LogP contribution in [-0.4, -0.2) is 27.4 Å². The van der Waals surface area contributed by atoms with E-state index in [2.05, 4.69) is 20.3 Å². The van der Waals surface area contributed by atoms with Gasteiger partial charge in [-0.15, -0.1) is 0 Å². The third kappa shape index (κ3) is 4.58. The Morgan fingerprint density at radius 2 is 1.91 bits per heavy atom. The number of hydrogen-bond acceptors (Lipinski definition) is 5. The Hall–Kier alpha value is -3.55. The first-order valence-electron chi connectivity index (χ1n) is 10.6. The first-order valence-corrected chi connectivity index (χ1v) is 11.3. The zero-order chi connectivity index (χ0) is 23.7. The molecule has 6 nitrogen and oxygen atoms in total. The number of nitrogens with zero attached hydrogens (tertiary/aromatic N) is 4. The average Bonchev–Trinajstić information content (AvgIpc) is 3.26. The Morgan fingerprint density at radius 3 is 2.74 bits per heavy atom. The Labute approximate surface area is 205 Å². The van der Waals surface area contributed by atoms with Crippen molar-refractivity contribution in [3.8, 4) is 11.3 Å². The van der Waals surface area contributed by atoms with Gasteiger partial charge in [-0.3, -0.25) is 9.69 Å². The Morgan fingerprint density at radius 1 is 1.06 bits per heavy atom. The fraction of sp³-hybridized carbons (Fsp3) is 0.120. The number of benzene rings is 2. The van der Waals surface area contributed by atoms with Crippen molar-refractivity contribution in [3.63, 3.8) is 0 Å². The molecule has 0 aliphatic carbocycles. The molecule has 0 spiro atoms. The summed E-state index contributed by atoms with van der Waals surface area (Å²) in [5.41, 5.74) is 3.72. The van der Waals surface area contributed by atoms with Crippen LogP contribution in [0.1, 0.15) is 11.1 Å². The second kappa shape index (κ2) is 9.37. The molecule has 0 unspecified atom stereocenters. The number of rotatable bonds is 5. The predicted octanol–water partition coefficient (Wildman–Crippen LogP) is 5.86. The van der Waals surface area contributed by atoms with E-state index in [0.717, 1.165) is 16.7 Å². The third-order valence-electron chi connectivity index (χ3n) is 5.53. The Bertz CT molecular complexity index is 1400. The van der Waals surface area contributed by atoms with E-state index in [1.54, 1.807) is 29.4 Å². The maximum absolute atomic E-state index is 13.3. The van der Waals surface area contributed by atoms with Gasteiger partial charge >= 0.3 is 0 Å². The second-order valence-corrected chi connectivity index (χ2v) is 8.60. The van der Waals surface area contributed by atoms with Crippen LogP contribution in [0.15, 0.2) is 67.0 Å². The summed E-state index contributed by atoms with van der Waals surface area (Å²) in [6.45, 7) is 0.564. The monoisotopic (exact) mass is 493 g/mol. The third-order valence-corrected chi connectivity index (χ3v) is 6.21. The molecule has 9 heteroatoms. The van der Waals surface area contributed by atoms with Gasteiger partial charge in [0.2, 0.25) is 11.9 Å². The summed E-state index contributed by atoms with van der Waals surface area (Å²) in [4.78, 5) is 27.9. The molecule has 0 bridgehead atoms. The van der Waals surface area contributed by atoms with Gasteiger partial charge in [0.05, 0.1) is 22.8 Å². The minimum absolute atomic E-state index is 0.0446. The summed E-state index contributed by atoms with van der Waals surface area (Å²) in [6.07, 6.45) is 4.23. The molecule has 0 saturated heterocycles. The van der Waals surface area contributed by atoms with E-state index < -0.39 is 5.82 Å². The number of halogens is 3. The highest BCUT2D eigenvalue weighted by Crippen LogP contribution is 2.31. The summed E-state index contributed by atoms with van der Waals surface area (Å²) in [6, 6.07) is 15.2. The van der Waals surface area contributed by atoms with E-state index in [9.17, 15) is 9.18 Å². The van der Waals surface area contributed by atoms with E-state index in [4.69, 9.17) is 23.2 Å². The molecule has 4 aromatic rings. The van der Waals surface area contributed by atoms with Crippen LogP contribution in [-0.2, 0) is 17.6 Å². The van der Waals surface area contributed by atoms with Crippen LogP contribution in [0, 0.1) is 5.82 Å². The van der Waals surface area contributed by atoms with Crippen molar-refractivity contribution in [1.82, 2.24) is 15.0 Å². The lowest BCUT2D eigenvalue weighted by Gasteiger charge is -2.17. The molecule has 1 amide bonds. The molecule has 170 valence electrons. The molecule has 2 aromatic carbocycles. The zero-order valence-electron chi connectivity index (χ0n) is 17.8. The zero-order valence-corrected chi connectivity index (χ0v) is 19.3. The number of carbonyl (C=O) groups excluding carboxylic acids is 1. The van der Waals surface area contributed by atoms with E-state index in [-0.39, 0.29) is 17.4 Å². The topological polar surface area (TPSA) is 71.0 Å². The minimum Gasteiger partial charge on any atom is -0.323 e. The standard InChI is InChI=1S/C25H18Cl2FN5O/c26-19-4-2-1-3-15(19)12-23(34)33-10-8-16-11-17(14-30-24(16)33)21-7-9-29-25(31-21)32-22-6-5-18(28)13-20(22)27/h1-7,9,11,13-14H,8,10,12H2,(H,29,31,32). The van der Waals surface area contributed by atoms with Crippen molar-refractivity contribution in [2.45, 2.75) is 12.8 Å². The van der Waals surface area contributed by atoms with Gasteiger partial charge in [0, 0.05) is 29.5 Å². The van der Waals surface area contributed by atoms with Crippen LogP contribution in [0.3, 0.4) is 0 Å². The molecule has 3 heterocycles. The number of pyridine rings is 1. The van der Waals surface area contributed by atoms with Crippen molar-refractivity contribution in [3.05, 3.63) is 94.0 Å². The van der Waals surface area contributed by atoms with Crippen molar-refractivity contribution >= 4 is 46.6 Å². The summed E-state index contributed by atoms with van der Waals surface area (Å²) >= 11 is 12.3. The van der Waals surface area contributed by atoms with Crippen LogP contribution in [0.25, 0.3) is 11.3 Å². The molecule has 1 aliphatic rings. The maximum Gasteiger partial charge on any atom is 0.232 e. The van der Waals surface area contributed by atoms with Gasteiger partial charge in [0.15, 0.2) is 0 Å². The molecular formula is C25H18Cl2FN5O. The smallest absolute Gasteiger partial charge is 0.232 e. The highest BCUT2D eigenvalue weighted by Gasteiger charge is 2.27. The van der Waals surface area contributed by atoms with Gasteiger partial charge < -0.3 is 5.32 Å². The Balaban J connectivity index is 1.35. The fourth-order valence-corrected chi connectivity index (χ4v) is 4.26. The van der Waals surface area contributed by atoms with E-state index >= 15 is 0 Å². The maximum atomic E-state index is 13.3. The van der Waals surface area contributed by atoms with Gasteiger partial charge in [-0.2, -0.15) is 0 Å². The summed E-state index contributed by atoms with van der Waals surface area (Å²) < 4.78 is 13.3. The van der Waals surface area contributed by atoms with Crippen LogP contribution in [0.4, 0.5) is 21.8 Å². The van der Waals surface area contributed by atoms with Crippen molar-refractivity contribution in [2.75, 3.05) is 16.8 Å². The fourth-order valence-electron chi connectivity index (χ4n) is 3.84. The highest BCUT2D eigenvalue weighted by atomic mass is 35.5. The quantitative estimate of drug-likeness (QED) is 0.377. The van der Waals surface area contributed by atoms with Gasteiger partial charge in [-0.1, -0.05) is 41.4 Å². The van der Waals surface area contributed by atoms with Gasteiger partial charge in [-0.05, 0) is 53.9 Å². The average molecular weight is 494 g/mol. The Kier molecular flexibility index (Phi) is 6.13. The normalized spacial score (nSPS) is 12.5. The molecule has 0 saturated carbocycles. The van der Waals surface area contributed by atoms with E-state index in [1.165, 1.54) is 18.2 Å². The molecule has 0 fully saturated rings. The van der Waals surface area contributed by atoms with Crippen molar-refractivity contribution in [1.29, 1.82) is 0 Å². The number of anilines is 3. The molecule has 0 atom stereocenters. The summed E-state index contributed by atoms with van der Waals surface area (Å²) in [7, 11) is 0. The molecule has 1 aliphatic heterocycles. The molecular weight excluding hydrogens is 476 g/mol. The van der Waals surface area contributed by atoms with E-state index in [0.29, 0.717) is 41.1 Å². The number of hydrogen-bond donors (Lipinski definition) is 1. The van der Waals surface area contributed by atoms with Crippen LogP contribution < -0.4 is 10.2 Å². The molecule has 34 heavy (non-hydrogen) atoms. The SMILES string of the molecule is O=C(Cc1ccccc1Cl)N1CCc2cc(-c3ccnc(Nc4ccc(F)cc4Cl)n3)cnc21. The van der Waals surface area contributed by atoms with Crippen LogP contribution >= 0.6 is 23.2 Å².